The molecule has 0 aliphatic carbocycles. The third-order valence-corrected chi connectivity index (χ3v) is 5.00. The van der Waals surface area contributed by atoms with Gasteiger partial charge in [-0.1, -0.05) is 6.07 Å². The van der Waals surface area contributed by atoms with Crippen molar-refractivity contribution >= 4 is 22.9 Å². The number of hydrogen-bond donors (Lipinski definition) is 1. The van der Waals surface area contributed by atoms with Crippen LogP contribution < -0.4 is 5.32 Å². The molecule has 6 heteroatoms. The summed E-state index contributed by atoms with van der Waals surface area (Å²) in [6, 6.07) is 13.5. The molecule has 24 heavy (non-hydrogen) atoms. The van der Waals surface area contributed by atoms with Crippen molar-refractivity contribution in [2.75, 3.05) is 38.0 Å². The van der Waals surface area contributed by atoms with Crippen molar-refractivity contribution in [3.05, 3.63) is 52.2 Å². The van der Waals surface area contributed by atoms with Crippen LogP contribution in [0, 0.1) is 11.3 Å². The summed E-state index contributed by atoms with van der Waals surface area (Å²) < 4.78 is 0. The van der Waals surface area contributed by atoms with Crippen LogP contribution >= 0.6 is 11.3 Å². The van der Waals surface area contributed by atoms with Crippen molar-refractivity contribution < 1.29 is 4.79 Å². The van der Waals surface area contributed by atoms with E-state index < -0.39 is 0 Å². The van der Waals surface area contributed by atoms with Gasteiger partial charge in [0.2, 0.25) is 5.91 Å². The summed E-state index contributed by atoms with van der Waals surface area (Å²) in [5.41, 5.74) is 1.48. The average molecular weight is 340 g/mol. The molecule has 0 radical (unpaired) electrons. The molecule has 2 aromatic rings. The fraction of sp³-hybridized carbons (Fsp3) is 0.333. The Hall–Kier alpha value is -2.36. The molecule has 0 unspecified atom stereocenters. The zero-order valence-corrected chi connectivity index (χ0v) is 14.3. The molecule has 2 heterocycles. The minimum Gasteiger partial charge on any atom is -0.376 e. The number of thiophene rings is 1. The lowest BCUT2D eigenvalue weighted by Crippen LogP contribution is -2.49. The summed E-state index contributed by atoms with van der Waals surface area (Å²) in [6.07, 6.45) is 0. The molecule has 1 fully saturated rings. The zero-order chi connectivity index (χ0) is 16.8. The Labute approximate surface area is 146 Å². The van der Waals surface area contributed by atoms with E-state index in [-0.39, 0.29) is 12.5 Å². The minimum atomic E-state index is 0.120. The Bertz CT molecular complexity index is 698. The second-order valence-electron chi connectivity index (χ2n) is 5.78. The number of nitriles is 1. The monoisotopic (exact) mass is 340 g/mol. The van der Waals surface area contributed by atoms with E-state index in [1.165, 1.54) is 4.88 Å². The van der Waals surface area contributed by atoms with E-state index >= 15 is 0 Å². The van der Waals surface area contributed by atoms with Gasteiger partial charge >= 0.3 is 0 Å². The van der Waals surface area contributed by atoms with Crippen LogP contribution in [0.25, 0.3) is 0 Å². The number of amides is 1. The first-order chi connectivity index (χ1) is 11.7. The molecule has 3 rings (SSSR count). The third kappa shape index (κ3) is 4.34. The fourth-order valence-corrected chi connectivity index (χ4v) is 3.48. The van der Waals surface area contributed by atoms with Crippen molar-refractivity contribution in [1.29, 1.82) is 5.26 Å². The summed E-state index contributed by atoms with van der Waals surface area (Å²) in [4.78, 5) is 18.0. The normalized spacial score (nSPS) is 15.0. The van der Waals surface area contributed by atoms with E-state index in [0.717, 1.165) is 38.4 Å². The molecular formula is C18H20N4OS. The molecule has 1 aromatic heterocycles. The standard InChI is InChI=1S/C18H20N4OS/c19-12-15-3-5-16(6-4-15)20-13-18(23)22-9-7-21(8-10-22)14-17-2-1-11-24-17/h1-6,11,20H,7-10,13-14H2. The van der Waals surface area contributed by atoms with Crippen LogP contribution in [0.1, 0.15) is 10.4 Å². The molecule has 1 aliphatic heterocycles. The number of carbonyl (C=O) groups is 1. The Balaban J connectivity index is 1.42. The predicted octanol–water partition coefficient (Wildman–Crippen LogP) is 2.38. The van der Waals surface area contributed by atoms with Crippen LogP contribution in [0.15, 0.2) is 41.8 Å². The number of hydrogen-bond acceptors (Lipinski definition) is 5. The van der Waals surface area contributed by atoms with Gasteiger partial charge in [0.15, 0.2) is 0 Å². The molecule has 5 nitrogen and oxygen atoms in total. The van der Waals surface area contributed by atoms with E-state index in [4.69, 9.17) is 5.26 Å². The highest BCUT2D eigenvalue weighted by molar-refractivity contribution is 7.09. The number of nitrogens with one attached hydrogen (secondary N) is 1. The van der Waals surface area contributed by atoms with Crippen molar-refractivity contribution in [3.8, 4) is 6.07 Å². The number of piperazine rings is 1. The second kappa shape index (κ2) is 7.95. The zero-order valence-electron chi connectivity index (χ0n) is 13.4. The van der Waals surface area contributed by atoms with Crippen LogP contribution in [0.2, 0.25) is 0 Å². The maximum Gasteiger partial charge on any atom is 0.241 e. The van der Waals surface area contributed by atoms with Crippen LogP contribution in [0.5, 0.6) is 0 Å². The molecule has 1 aliphatic rings. The van der Waals surface area contributed by atoms with Gasteiger partial charge in [-0.15, -0.1) is 11.3 Å². The van der Waals surface area contributed by atoms with Gasteiger partial charge in [-0.2, -0.15) is 5.26 Å². The van der Waals surface area contributed by atoms with Crippen LogP contribution in [0.3, 0.4) is 0 Å². The summed E-state index contributed by atoms with van der Waals surface area (Å²) >= 11 is 1.78. The van der Waals surface area contributed by atoms with Gasteiger partial charge in [0, 0.05) is 43.3 Å². The summed E-state index contributed by atoms with van der Waals surface area (Å²) in [6.45, 7) is 4.65. The number of benzene rings is 1. The van der Waals surface area contributed by atoms with Crippen molar-refractivity contribution in [1.82, 2.24) is 9.80 Å². The van der Waals surface area contributed by atoms with Crippen LogP contribution in [-0.4, -0.2) is 48.4 Å². The SMILES string of the molecule is N#Cc1ccc(NCC(=O)N2CCN(Cc3cccs3)CC2)cc1. The van der Waals surface area contributed by atoms with Crippen molar-refractivity contribution in [2.24, 2.45) is 0 Å². The van der Waals surface area contributed by atoms with Gasteiger partial charge in [-0.05, 0) is 35.7 Å². The van der Waals surface area contributed by atoms with Gasteiger partial charge < -0.3 is 10.2 Å². The maximum atomic E-state index is 12.3. The van der Waals surface area contributed by atoms with E-state index in [2.05, 4.69) is 33.8 Å². The van der Waals surface area contributed by atoms with Crippen LogP contribution in [0.4, 0.5) is 5.69 Å². The first kappa shape index (κ1) is 16.5. The molecule has 0 saturated carbocycles. The first-order valence-corrected chi connectivity index (χ1v) is 8.89. The predicted molar refractivity (Wildman–Crippen MR) is 95.8 cm³/mol. The summed E-state index contributed by atoms with van der Waals surface area (Å²) in [5.74, 6) is 0.120. The van der Waals surface area contributed by atoms with E-state index in [1.807, 2.05) is 17.0 Å². The summed E-state index contributed by atoms with van der Waals surface area (Å²) in [7, 11) is 0. The van der Waals surface area contributed by atoms with Gasteiger partial charge in [0.25, 0.3) is 0 Å². The van der Waals surface area contributed by atoms with Gasteiger partial charge in [-0.25, -0.2) is 0 Å². The Morgan fingerprint density at radius 1 is 1.17 bits per heavy atom. The largest absolute Gasteiger partial charge is 0.376 e. The first-order valence-electron chi connectivity index (χ1n) is 8.01. The minimum absolute atomic E-state index is 0.120. The lowest BCUT2D eigenvalue weighted by atomic mass is 10.2. The molecule has 1 saturated heterocycles. The maximum absolute atomic E-state index is 12.3. The molecular weight excluding hydrogens is 320 g/mol. The molecule has 0 atom stereocenters. The lowest BCUT2D eigenvalue weighted by molar-refractivity contribution is -0.131. The Kier molecular flexibility index (Phi) is 5.47. The topological polar surface area (TPSA) is 59.4 Å². The third-order valence-electron chi connectivity index (χ3n) is 4.14. The van der Waals surface area contributed by atoms with E-state index in [9.17, 15) is 4.79 Å². The molecule has 1 N–H and O–H groups in total. The number of carbonyl (C=O) groups excluding carboxylic acids is 1. The number of nitrogens with zero attached hydrogens (tertiary/aromatic N) is 3. The molecule has 1 amide bonds. The molecule has 1 aromatic carbocycles. The fourth-order valence-electron chi connectivity index (χ4n) is 2.73. The van der Waals surface area contributed by atoms with E-state index in [0.29, 0.717) is 5.56 Å². The highest BCUT2D eigenvalue weighted by Crippen LogP contribution is 2.14. The second-order valence-corrected chi connectivity index (χ2v) is 6.81. The summed E-state index contributed by atoms with van der Waals surface area (Å²) in [5, 5.41) is 14.0. The number of rotatable bonds is 5. The Morgan fingerprint density at radius 2 is 1.92 bits per heavy atom. The smallest absolute Gasteiger partial charge is 0.241 e. The molecule has 124 valence electrons. The average Bonchev–Trinajstić information content (AvgIpc) is 3.14. The Morgan fingerprint density at radius 3 is 2.54 bits per heavy atom. The number of anilines is 1. The van der Waals surface area contributed by atoms with Crippen molar-refractivity contribution in [2.45, 2.75) is 6.54 Å². The quantitative estimate of drug-likeness (QED) is 0.908. The van der Waals surface area contributed by atoms with E-state index in [1.54, 1.807) is 23.5 Å². The van der Waals surface area contributed by atoms with Crippen LogP contribution in [-0.2, 0) is 11.3 Å². The highest BCUT2D eigenvalue weighted by atomic mass is 32.1. The highest BCUT2D eigenvalue weighted by Gasteiger charge is 2.20. The lowest BCUT2D eigenvalue weighted by Gasteiger charge is -2.34. The molecule has 0 bridgehead atoms. The molecule has 0 spiro atoms. The van der Waals surface area contributed by atoms with Gasteiger partial charge in [0.05, 0.1) is 18.2 Å². The van der Waals surface area contributed by atoms with Crippen molar-refractivity contribution in [3.63, 3.8) is 0 Å². The van der Waals surface area contributed by atoms with Gasteiger partial charge in [0.1, 0.15) is 0 Å². The van der Waals surface area contributed by atoms with Gasteiger partial charge in [-0.3, -0.25) is 9.69 Å².